The fourth-order valence-electron chi connectivity index (χ4n) is 1.89. The molecule has 0 saturated carbocycles. The number of nitrogens with one attached hydrogen (secondary N) is 1. The number of amides is 1. The SMILES string of the molecule is COC(=O)c1ccc(C(=O)Nc2cc(Cl)ccc2Cl)cc1[N+](=O)[O-]. The highest BCUT2D eigenvalue weighted by molar-refractivity contribution is 6.35. The van der Waals surface area contributed by atoms with Crippen molar-refractivity contribution < 1.29 is 19.2 Å². The Kier molecular flexibility index (Phi) is 5.38. The Morgan fingerprint density at radius 2 is 1.88 bits per heavy atom. The van der Waals surface area contributed by atoms with Crippen molar-refractivity contribution >= 4 is 46.5 Å². The summed E-state index contributed by atoms with van der Waals surface area (Å²) in [6.07, 6.45) is 0. The summed E-state index contributed by atoms with van der Waals surface area (Å²) in [6, 6.07) is 7.91. The van der Waals surface area contributed by atoms with Gasteiger partial charge in [0.15, 0.2) is 0 Å². The van der Waals surface area contributed by atoms with E-state index in [1.54, 1.807) is 6.07 Å². The van der Waals surface area contributed by atoms with Gasteiger partial charge in [0, 0.05) is 16.7 Å². The zero-order valence-corrected chi connectivity index (χ0v) is 13.7. The summed E-state index contributed by atoms with van der Waals surface area (Å²) >= 11 is 11.8. The number of nitro benzene ring substituents is 1. The van der Waals surface area contributed by atoms with Crippen molar-refractivity contribution in [2.24, 2.45) is 0 Å². The zero-order valence-electron chi connectivity index (χ0n) is 12.2. The molecule has 0 aliphatic heterocycles. The van der Waals surface area contributed by atoms with E-state index in [2.05, 4.69) is 10.1 Å². The number of rotatable bonds is 4. The first-order valence-corrected chi connectivity index (χ1v) is 7.22. The number of halogens is 2. The lowest BCUT2D eigenvalue weighted by Gasteiger charge is -2.08. The number of hydrogen-bond acceptors (Lipinski definition) is 5. The van der Waals surface area contributed by atoms with Gasteiger partial charge in [-0.05, 0) is 30.3 Å². The second kappa shape index (κ2) is 7.29. The molecule has 2 aromatic carbocycles. The first-order chi connectivity index (χ1) is 11.3. The van der Waals surface area contributed by atoms with Crippen LogP contribution >= 0.6 is 23.2 Å². The molecule has 0 aromatic heterocycles. The second-order valence-electron chi connectivity index (χ2n) is 4.56. The Morgan fingerprint density at radius 3 is 2.50 bits per heavy atom. The largest absolute Gasteiger partial charge is 0.465 e. The molecule has 0 spiro atoms. The summed E-state index contributed by atoms with van der Waals surface area (Å²) in [5.74, 6) is -1.51. The fourth-order valence-corrected chi connectivity index (χ4v) is 2.23. The fraction of sp³-hybridized carbons (Fsp3) is 0.0667. The van der Waals surface area contributed by atoms with Gasteiger partial charge < -0.3 is 10.1 Å². The number of methoxy groups -OCH3 is 1. The monoisotopic (exact) mass is 368 g/mol. The van der Waals surface area contributed by atoms with Crippen molar-refractivity contribution in [2.45, 2.75) is 0 Å². The summed E-state index contributed by atoms with van der Waals surface area (Å²) in [7, 11) is 1.10. The van der Waals surface area contributed by atoms with Gasteiger partial charge in [-0.3, -0.25) is 14.9 Å². The van der Waals surface area contributed by atoms with Crippen molar-refractivity contribution in [1.82, 2.24) is 0 Å². The van der Waals surface area contributed by atoms with E-state index in [1.165, 1.54) is 18.2 Å². The number of nitro groups is 1. The smallest absolute Gasteiger partial charge is 0.344 e. The third-order valence-corrected chi connectivity index (χ3v) is 3.60. The van der Waals surface area contributed by atoms with E-state index < -0.39 is 22.5 Å². The maximum absolute atomic E-state index is 12.3. The predicted molar refractivity (Wildman–Crippen MR) is 88.9 cm³/mol. The lowest BCUT2D eigenvalue weighted by molar-refractivity contribution is -0.385. The van der Waals surface area contributed by atoms with Crippen LogP contribution in [0.25, 0.3) is 0 Å². The molecular weight excluding hydrogens is 359 g/mol. The van der Waals surface area contributed by atoms with Crippen molar-refractivity contribution in [3.8, 4) is 0 Å². The summed E-state index contributed by atoms with van der Waals surface area (Å²) in [6.45, 7) is 0. The van der Waals surface area contributed by atoms with E-state index in [4.69, 9.17) is 23.2 Å². The van der Waals surface area contributed by atoms with Crippen LogP contribution in [-0.2, 0) is 4.74 Å². The zero-order chi connectivity index (χ0) is 17.9. The van der Waals surface area contributed by atoms with E-state index in [0.717, 1.165) is 19.2 Å². The molecule has 0 heterocycles. The highest BCUT2D eigenvalue weighted by Gasteiger charge is 2.23. The Hall–Kier alpha value is -2.64. The quantitative estimate of drug-likeness (QED) is 0.500. The number of ether oxygens (including phenoxy) is 1. The van der Waals surface area contributed by atoms with E-state index in [0.29, 0.717) is 5.02 Å². The van der Waals surface area contributed by atoms with Crippen LogP contribution in [-0.4, -0.2) is 23.9 Å². The van der Waals surface area contributed by atoms with Gasteiger partial charge in [-0.25, -0.2) is 4.79 Å². The number of benzene rings is 2. The third-order valence-electron chi connectivity index (χ3n) is 3.04. The van der Waals surface area contributed by atoms with Gasteiger partial charge in [0.2, 0.25) is 0 Å². The number of carbonyl (C=O) groups is 2. The Balaban J connectivity index is 2.36. The molecule has 24 heavy (non-hydrogen) atoms. The number of hydrogen-bond donors (Lipinski definition) is 1. The van der Waals surface area contributed by atoms with Gasteiger partial charge in [0.25, 0.3) is 11.6 Å². The first-order valence-electron chi connectivity index (χ1n) is 6.46. The second-order valence-corrected chi connectivity index (χ2v) is 5.40. The minimum atomic E-state index is -0.869. The minimum absolute atomic E-state index is 0.0228. The maximum Gasteiger partial charge on any atom is 0.344 e. The van der Waals surface area contributed by atoms with Crippen LogP contribution in [0.4, 0.5) is 11.4 Å². The predicted octanol–water partition coefficient (Wildman–Crippen LogP) is 3.94. The average molecular weight is 369 g/mol. The highest BCUT2D eigenvalue weighted by Crippen LogP contribution is 2.27. The van der Waals surface area contributed by atoms with E-state index in [-0.39, 0.29) is 21.8 Å². The van der Waals surface area contributed by atoms with Crippen LogP contribution in [0.2, 0.25) is 10.0 Å². The highest BCUT2D eigenvalue weighted by atomic mass is 35.5. The molecule has 7 nitrogen and oxygen atoms in total. The molecule has 124 valence electrons. The Morgan fingerprint density at radius 1 is 1.17 bits per heavy atom. The molecule has 0 fully saturated rings. The summed E-state index contributed by atoms with van der Waals surface area (Å²) in [5.41, 5.74) is -0.550. The van der Waals surface area contributed by atoms with Crippen LogP contribution < -0.4 is 5.32 Å². The summed E-state index contributed by atoms with van der Waals surface area (Å²) in [4.78, 5) is 34.1. The molecule has 0 aliphatic carbocycles. The van der Waals surface area contributed by atoms with Crippen LogP contribution in [0, 0.1) is 10.1 Å². The molecule has 1 N–H and O–H groups in total. The Labute approximate surface area is 146 Å². The van der Waals surface area contributed by atoms with Crippen LogP contribution in [0.3, 0.4) is 0 Å². The molecule has 9 heteroatoms. The van der Waals surface area contributed by atoms with Crippen LogP contribution in [0.1, 0.15) is 20.7 Å². The summed E-state index contributed by atoms with van der Waals surface area (Å²) < 4.78 is 4.48. The van der Waals surface area contributed by atoms with Crippen LogP contribution in [0.5, 0.6) is 0 Å². The van der Waals surface area contributed by atoms with Gasteiger partial charge in [-0.2, -0.15) is 0 Å². The first kappa shape index (κ1) is 17.7. The molecule has 2 rings (SSSR count). The number of carbonyl (C=O) groups excluding carboxylic acids is 2. The normalized spacial score (nSPS) is 10.1. The number of nitrogens with zero attached hydrogens (tertiary/aromatic N) is 1. The van der Waals surface area contributed by atoms with E-state index >= 15 is 0 Å². The van der Waals surface area contributed by atoms with Gasteiger partial charge in [-0.15, -0.1) is 0 Å². The molecule has 1 amide bonds. The van der Waals surface area contributed by atoms with Crippen molar-refractivity contribution in [3.63, 3.8) is 0 Å². The minimum Gasteiger partial charge on any atom is -0.465 e. The van der Waals surface area contributed by atoms with Crippen molar-refractivity contribution in [2.75, 3.05) is 12.4 Å². The molecule has 0 aliphatic rings. The number of esters is 1. The van der Waals surface area contributed by atoms with Crippen molar-refractivity contribution in [1.29, 1.82) is 0 Å². The van der Waals surface area contributed by atoms with Crippen molar-refractivity contribution in [3.05, 3.63) is 67.7 Å². The third kappa shape index (κ3) is 3.81. The molecule has 0 saturated heterocycles. The molecule has 0 atom stereocenters. The lowest BCUT2D eigenvalue weighted by atomic mass is 10.1. The van der Waals surface area contributed by atoms with Crippen LogP contribution in [0.15, 0.2) is 36.4 Å². The summed E-state index contributed by atoms with van der Waals surface area (Å²) in [5, 5.41) is 14.2. The van der Waals surface area contributed by atoms with E-state index in [1.807, 2.05) is 0 Å². The topological polar surface area (TPSA) is 98.5 Å². The van der Waals surface area contributed by atoms with Gasteiger partial charge in [-0.1, -0.05) is 23.2 Å². The molecule has 0 bridgehead atoms. The lowest BCUT2D eigenvalue weighted by Crippen LogP contribution is -2.14. The molecule has 0 unspecified atom stereocenters. The van der Waals surface area contributed by atoms with Gasteiger partial charge in [0.05, 0.1) is 22.7 Å². The average Bonchev–Trinajstić information content (AvgIpc) is 2.56. The number of anilines is 1. The maximum atomic E-state index is 12.3. The van der Waals surface area contributed by atoms with Gasteiger partial charge >= 0.3 is 5.97 Å². The Bertz CT molecular complexity index is 839. The molecule has 2 aromatic rings. The van der Waals surface area contributed by atoms with E-state index in [9.17, 15) is 19.7 Å². The standard InChI is InChI=1S/C15H10Cl2N2O5/c1-24-15(21)10-4-2-8(6-13(10)19(22)23)14(20)18-12-7-9(16)3-5-11(12)17/h2-7H,1H3,(H,18,20). The molecule has 0 radical (unpaired) electrons. The molecular formula is C15H10Cl2N2O5. The van der Waals surface area contributed by atoms with Gasteiger partial charge in [0.1, 0.15) is 5.56 Å².